The van der Waals surface area contributed by atoms with Crippen molar-refractivity contribution in [3.05, 3.63) is 0 Å². The van der Waals surface area contributed by atoms with Gasteiger partial charge in [-0.3, -0.25) is 4.90 Å². The Kier molecular flexibility index (Phi) is 2.59. The summed E-state index contributed by atoms with van der Waals surface area (Å²) < 4.78 is 11.7. The van der Waals surface area contributed by atoms with Crippen molar-refractivity contribution in [2.75, 3.05) is 26.3 Å². The number of alkyl halides is 1. The van der Waals surface area contributed by atoms with Gasteiger partial charge in [-0.15, -0.1) is 0 Å². The minimum absolute atomic E-state index is 0.314. The molecule has 0 aromatic carbocycles. The van der Waals surface area contributed by atoms with Gasteiger partial charge in [0, 0.05) is 19.6 Å². The predicted octanol–water partition coefficient (Wildman–Crippen LogP) is -1.01. The van der Waals surface area contributed by atoms with Gasteiger partial charge in [0.15, 0.2) is 0 Å². The van der Waals surface area contributed by atoms with E-state index in [1.54, 1.807) is 4.90 Å². The number of aliphatic hydroxyl groups excluding tert-OH is 2. The molecular formula is C6H12FNO2. The fourth-order valence-electron chi connectivity index (χ4n) is 1.15. The SMILES string of the molecule is O[C@@H]1CN(CCF)C[C@@H]1O. The Hall–Kier alpha value is -0.190. The van der Waals surface area contributed by atoms with E-state index in [-0.39, 0.29) is 0 Å². The van der Waals surface area contributed by atoms with Crippen molar-refractivity contribution < 1.29 is 14.6 Å². The van der Waals surface area contributed by atoms with Gasteiger partial charge in [-0.1, -0.05) is 0 Å². The predicted molar refractivity (Wildman–Crippen MR) is 34.4 cm³/mol. The van der Waals surface area contributed by atoms with Crippen LogP contribution in [0.2, 0.25) is 0 Å². The molecule has 0 aromatic heterocycles. The van der Waals surface area contributed by atoms with E-state index >= 15 is 0 Å². The van der Waals surface area contributed by atoms with Gasteiger partial charge in [0.2, 0.25) is 0 Å². The molecule has 1 heterocycles. The van der Waals surface area contributed by atoms with Crippen LogP contribution in [-0.4, -0.2) is 53.6 Å². The van der Waals surface area contributed by atoms with Crippen LogP contribution in [0.4, 0.5) is 4.39 Å². The van der Waals surface area contributed by atoms with E-state index in [0.29, 0.717) is 19.6 Å². The molecule has 0 amide bonds. The van der Waals surface area contributed by atoms with Crippen molar-refractivity contribution in [1.29, 1.82) is 0 Å². The van der Waals surface area contributed by atoms with Crippen LogP contribution in [0.15, 0.2) is 0 Å². The largest absolute Gasteiger partial charge is 0.389 e. The summed E-state index contributed by atoms with van der Waals surface area (Å²) in [5.74, 6) is 0. The van der Waals surface area contributed by atoms with E-state index in [2.05, 4.69) is 0 Å². The lowest BCUT2D eigenvalue weighted by molar-refractivity contribution is 0.0572. The van der Waals surface area contributed by atoms with Crippen molar-refractivity contribution in [2.45, 2.75) is 12.2 Å². The van der Waals surface area contributed by atoms with Gasteiger partial charge in [0.05, 0.1) is 12.2 Å². The van der Waals surface area contributed by atoms with Gasteiger partial charge in [-0.2, -0.15) is 0 Å². The minimum atomic E-state index is -0.688. The molecule has 10 heavy (non-hydrogen) atoms. The highest BCUT2D eigenvalue weighted by Crippen LogP contribution is 2.08. The summed E-state index contributed by atoms with van der Waals surface area (Å²) in [5.41, 5.74) is 0. The molecule has 0 saturated carbocycles. The van der Waals surface area contributed by atoms with Crippen LogP contribution in [0.25, 0.3) is 0 Å². The highest BCUT2D eigenvalue weighted by atomic mass is 19.1. The first-order valence-electron chi connectivity index (χ1n) is 3.38. The van der Waals surface area contributed by atoms with E-state index in [9.17, 15) is 4.39 Å². The molecule has 0 spiro atoms. The lowest BCUT2D eigenvalue weighted by atomic mass is 10.3. The second-order valence-electron chi connectivity index (χ2n) is 2.58. The molecule has 0 aromatic rings. The molecule has 1 aliphatic heterocycles. The molecule has 4 heteroatoms. The van der Waals surface area contributed by atoms with Gasteiger partial charge in [0.25, 0.3) is 0 Å². The maximum atomic E-state index is 11.7. The average Bonchev–Trinajstić information content (AvgIpc) is 2.14. The third-order valence-electron chi connectivity index (χ3n) is 1.74. The van der Waals surface area contributed by atoms with Crippen LogP contribution in [-0.2, 0) is 0 Å². The number of hydrogen-bond acceptors (Lipinski definition) is 3. The zero-order valence-corrected chi connectivity index (χ0v) is 5.70. The molecule has 1 fully saturated rings. The van der Waals surface area contributed by atoms with E-state index < -0.39 is 18.9 Å². The Balaban J connectivity index is 2.27. The maximum Gasteiger partial charge on any atom is 0.102 e. The molecule has 1 aliphatic rings. The second kappa shape index (κ2) is 3.27. The van der Waals surface area contributed by atoms with Crippen LogP contribution in [0.1, 0.15) is 0 Å². The van der Waals surface area contributed by atoms with Gasteiger partial charge in [-0.05, 0) is 0 Å². The standard InChI is InChI=1S/C6H12FNO2/c7-1-2-8-3-5(9)6(10)4-8/h5-6,9-10H,1-4H2/t5-,6+. The van der Waals surface area contributed by atoms with E-state index in [1.165, 1.54) is 0 Å². The van der Waals surface area contributed by atoms with Crippen molar-refractivity contribution in [3.63, 3.8) is 0 Å². The van der Waals surface area contributed by atoms with Crippen molar-refractivity contribution >= 4 is 0 Å². The third kappa shape index (κ3) is 1.65. The summed E-state index contributed by atoms with van der Waals surface area (Å²) in [6, 6.07) is 0. The number of likely N-dealkylation sites (tertiary alicyclic amines) is 1. The average molecular weight is 149 g/mol. The van der Waals surface area contributed by atoms with Crippen LogP contribution in [0.5, 0.6) is 0 Å². The lowest BCUT2D eigenvalue weighted by Crippen LogP contribution is -2.24. The quantitative estimate of drug-likeness (QED) is 0.529. The molecule has 2 N–H and O–H groups in total. The molecule has 0 unspecified atom stereocenters. The molecule has 1 rings (SSSR count). The van der Waals surface area contributed by atoms with Crippen LogP contribution in [0.3, 0.4) is 0 Å². The summed E-state index contributed by atoms with van der Waals surface area (Å²) in [4.78, 5) is 1.70. The molecule has 0 bridgehead atoms. The first-order valence-corrected chi connectivity index (χ1v) is 3.38. The van der Waals surface area contributed by atoms with E-state index in [1.807, 2.05) is 0 Å². The molecule has 0 radical (unpaired) electrons. The molecule has 2 atom stereocenters. The first kappa shape index (κ1) is 7.91. The zero-order valence-electron chi connectivity index (χ0n) is 5.70. The minimum Gasteiger partial charge on any atom is -0.389 e. The summed E-state index contributed by atoms with van der Waals surface area (Å²) in [7, 11) is 0. The number of β-amino-alcohol motifs (C(OH)–C–C–N with tert-alkyl or cyclic N) is 2. The summed E-state index contributed by atoms with van der Waals surface area (Å²) in [6.07, 6.45) is -1.38. The third-order valence-corrected chi connectivity index (χ3v) is 1.74. The monoisotopic (exact) mass is 149 g/mol. The molecule has 0 aliphatic carbocycles. The Labute approximate surface area is 59.1 Å². The topological polar surface area (TPSA) is 43.7 Å². The number of rotatable bonds is 2. The maximum absolute atomic E-state index is 11.7. The summed E-state index contributed by atoms with van der Waals surface area (Å²) >= 11 is 0. The summed E-state index contributed by atoms with van der Waals surface area (Å²) in [6.45, 7) is 0.684. The molecular weight excluding hydrogens is 137 g/mol. The van der Waals surface area contributed by atoms with Gasteiger partial charge in [-0.25, -0.2) is 4.39 Å². The zero-order chi connectivity index (χ0) is 7.56. The number of halogens is 1. The van der Waals surface area contributed by atoms with E-state index in [4.69, 9.17) is 10.2 Å². The fourth-order valence-corrected chi connectivity index (χ4v) is 1.15. The number of nitrogens with zero attached hydrogens (tertiary/aromatic N) is 1. The van der Waals surface area contributed by atoms with Gasteiger partial charge >= 0.3 is 0 Å². The lowest BCUT2D eigenvalue weighted by Gasteiger charge is -2.10. The fraction of sp³-hybridized carbons (Fsp3) is 1.00. The Morgan fingerprint density at radius 2 is 1.80 bits per heavy atom. The van der Waals surface area contributed by atoms with Crippen LogP contribution in [0, 0.1) is 0 Å². The van der Waals surface area contributed by atoms with Crippen molar-refractivity contribution in [1.82, 2.24) is 4.90 Å². The first-order chi connectivity index (χ1) is 4.74. The van der Waals surface area contributed by atoms with E-state index in [0.717, 1.165) is 0 Å². The van der Waals surface area contributed by atoms with Crippen molar-refractivity contribution in [2.24, 2.45) is 0 Å². The second-order valence-corrected chi connectivity index (χ2v) is 2.58. The van der Waals surface area contributed by atoms with Gasteiger partial charge < -0.3 is 10.2 Å². The van der Waals surface area contributed by atoms with Crippen LogP contribution < -0.4 is 0 Å². The Morgan fingerprint density at radius 1 is 1.30 bits per heavy atom. The smallest absolute Gasteiger partial charge is 0.102 e. The highest BCUT2D eigenvalue weighted by Gasteiger charge is 2.28. The van der Waals surface area contributed by atoms with Gasteiger partial charge in [0.1, 0.15) is 6.67 Å². The molecule has 3 nitrogen and oxygen atoms in total. The van der Waals surface area contributed by atoms with Crippen molar-refractivity contribution in [3.8, 4) is 0 Å². The molecule has 1 saturated heterocycles. The highest BCUT2D eigenvalue weighted by molar-refractivity contribution is 4.82. The van der Waals surface area contributed by atoms with Crippen LogP contribution >= 0.6 is 0 Å². The Morgan fingerprint density at radius 3 is 2.20 bits per heavy atom. The molecule has 60 valence electrons. The Bertz CT molecular complexity index is 102. The normalized spacial score (nSPS) is 35.1. The number of hydrogen-bond donors (Lipinski definition) is 2. The number of aliphatic hydroxyl groups is 2. The summed E-state index contributed by atoms with van der Waals surface area (Å²) in [5, 5.41) is 18.0.